The summed E-state index contributed by atoms with van der Waals surface area (Å²) in [6.45, 7) is 0. The normalized spacial score (nSPS) is 10.3. The van der Waals surface area contributed by atoms with Crippen LogP contribution in [0.2, 0.25) is 0 Å². The summed E-state index contributed by atoms with van der Waals surface area (Å²) >= 11 is 1.68. The predicted octanol–water partition coefficient (Wildman–Crippen LogP) is 4.83. The maximum Gasteiger partial charge on any atom is 0.0693 e. The van der Waals surface area contributed by atoms with E-state index in [-0.39, 0.29) is 0 Å². The van der Waals surface area contributed by atoms with Gasteiger partial charge in [-0.3, -0.25) is 5.41 Å². The van der Waals surface area contributed by atoms with Crippen LogP contribution in [0.25, 0.3) is 10.4 Å². The van der Waals surface area contributed by atoms with Gasteiger partial charge in [0.25, 0.3) is 0 Å². The van der Waals surface area contributed by atoms with Gasteiger partial charge in [-0.2, -0.15) is 0 Å². The van der Waals surface area contributed by atoms with E-state index in [2.05, 4.69) is 23.6 Å². The summed E-state index contributed by atoms with van der Waals surface area (Å²) < 4.78 is 0. The molecule has 0 atom stereocenters. The fourth-order valence-corrected chi connectivity index (χ4v) is 2.90. The molecule has 1 nitrogen and oxygen atoms in total. The largest absolute Gasteiger partial charge is 0.300 e. The molecule has 0 bridgehead atoms. The molecule has 0 saturated carbocycles. The van der Waals surface area contributed by atoms with Crippen LogP contribution in [0.15, 0.2) is 72.1 Å². The minimum Gasteiger partial charge on any atom is -0.300 e. The van der Waals surface area contributed by atoms with Crippen LogP contribution in [-0.4, -0.2) is 5.71 Å². The molecule has 0 aliphatic heterocycles. The van der Waals surface area contributed by atoms with Gasteiger partial charge in [0, 0.05) is 21.4 Å². The Morgan fingerprint density at radius 3 is 2.11 bits per heavy atom. The van der Waals surface area contributed by atoms with Crippen molar-refractivity contribution in [1.82, 2.24) is 0 Å². The van der Waals surface area contributed by atoms with E-state index in [1.807, 2.05) is 48.5 Å². The van der Waals surface area contributed by atoms with Crippen molar-refractivity contribution in [2.24, 2.45) is 0 Å². The maximum atomic E-state index is 8.25. The first kappa shape index (κ1) is 11.9. The number of hydrogen-bond donors (Lipinski definition) is 1. The van der Waals surface area contributed by atoms with Gasteiger partial charge in [0.15, 0.2) is 0 Å². The average molecular weight is 263 g/mol. The number of thiophene rings is 1. The van der Waals surface area contributed by atoms with E-state index in [0.29, 0.717) is 5.71 Å². The summed E-state index contributed by atoms with van der Waals surface area (Å²) in [7, 11) is 0. The van der Waals surface area contributed by atoms with Gasteiger partial charge in [-0.1, -0.05) is 60.7 Å². The molecule has 0 aliphatic rings. The first-order chi connectivity index (χ1) is 9.34. The molecule has 3 rings (SSSR count). The molecule has 0 unspecified atom stereocenters. The van der Waals surface area contributed by atoms with E-state index in [0.717, 1.165) is 11.1 Å². The second kappa shape index (κ2) is 5.21. The lowest BCUT2D eigenvalue weighted by molar-refractivity contribution is 1.47. The Balaban J connectivity index is 1.92. The Hall–Kier alpha value is -2.19. The number of benzene rings is 2. The van der Waals surface area contributed by atoms with Crippen LogP contribution in [0.5, 0.6) is 0 Å². The first-order valence-corrected chi connectivity index (χ1v) is 7.01. The Kier molecular flexibility index (Phi) is 3.25. The van der Waals surface area contributed by atoms with Gasteiger partial charge in [0.1, 0.15) is 0 Å². The van der Waals surface area contributed by atoms with Gasteiger partial charge in [-0.25, -0.2) is 0 Å². The average Bonchev–Trinajstić information content (AvgIpc) is 2.98. The summed E-state index contributed by atoms with van der Waals surface area (Å²) in [6.07, 6.45) is 0. The van der Waals surface area contributed by atoms with Crippen molar-refractivity contribution in [2.75, 3.05) is 0 Å². The van der Waals surface area contributed by atoms with Crippen LogP contribution in [0.1, 0.15) is 11.1 Å². The molecule has 0 amide bonds. The summed E-state index contributed by atoms with van der Waals surface area (Å²) in [5.41, 5.74) is 3.73. The van der Waals surface area contributed by atoms with Crippen LogP contribution in [0.4, 0.5) is 0 Å². The third-order valence-electron chi connectivity index (χ3n) is 3.01. The fraction of sp³-hybridized carbons (Fsp3) is 0. The quantitative estimate of drug-likeness (QED) is 0.654. The summed E-state index contributed by atoms with van der Waals surface area (Å²) in [6, 6.07) is 22.2. The zero-order valence-electron chi connectivity index (χ0n) is 10.3. The van der Waals surface area contributed by atoms with E-state index >= 15 is 0 Å². The highest BCUT2D eigenvalue weighted by molar-refractivity contribution is 7.13. The molecule has 92 valence electrons. The molecule has 3 aromatic rings. The lowest BCUT2D eigenvalue weighted by Crippen LogP contribution is -1.98. The molecule has 0 fully saturated rings. The topological polar surface area (TPSA) is 23.9 Å². The molecule has 1 aromatic heterocycles. The van der Waals surface area contributed by atoms with E-state index in [9.17, 15) is 0 Å². The zero-order chi connectivity index (χ0) is 13.1. The first-order valence-electron chi connectivity index (χ1n) is 6.13. The van der Waals surface area contributed by atoms with E-state index in [1.165, 1.54) is 10.4 Å². The maximum absolute atomic E-state index is 8.25. The zero-order valence-corrected chi connectivity index (χ0v) is 11.2. The number of nitrogens with one attached hydrogen (secondary N) is 1. The predicted molar refractivity (Wildman–Crippen MR) is 82.1 cm³/mol. The van der Waals surface area contributed by atoms with E-state index in [1.54, 1.807) is 11.3 Å². The van der Waals surface area contributed by atoms with Crippen LogP contribution < -0.4 is 0 Å². The Morgan fingerprint density at radius 2 is 1.42 bits per heavy atom. The van der Waals surface area contributed by atoms with E-state index in [4.69, 9.17) is 5.41 Å². The van der Waals surface area contributed by atoms with Gasteiger partial charge in [0.2, 0.25) is 0 Å². The monoisotopic (exact) mass is 263 g/mol. The Morgan fingerprint density at radius 1 is 0.789 bits per heavy atom. The minimum atomic E-state index is 0.582. The molecule has 1 N–H and O–H groups in total. The summed E-state index contributed by atoms with van der Waals surface area (Å²) in [4.78, 5) is 1.20. The van der Waals surface area contributed by atoms with Crippen molar-refractivity contribution < 1.29 is 0 Å². The lowest BCUT2D eigenvalue weighted by Gasteiger charge is -2.00. The smallest absolute Gasteiger partial charge is 0.0693 e. The van der Waals surface area contributed by atoms with Gasteiger partial charge in [-0.05, 0) is 11.6 Å². The summed E-state index contributed by atoms with van der Waals surface area (Å²) in [5.74, 6) is 0. The van der Waals surface area contributed by atoms with Crippen LogP contribution >= 0.6 is 11.3 Å². The molecule has 2 heteroatoms. The molecule has 0 aliphatic carbocycles. The Labute approximate surface area is 116 Å². The van der Waals surface area contributed by atoms with Gasteiger partial charge in [0.05, 0.1) is 5.71 Å². The van der Waals surface area contributed by atoms with Crippen molar-refractivity contribution >= 4 is 17.0 Å². The highest BCUT2D eigenvalue weighted by Gasteiger charge is 2.08. The van der Waals surface area contributed by atoms with Crippen molar-refractivity contribution in [2.45, 2.75) is 0 Å². The third kappa shape index (κ3) is 2.49. The van der Waals surface area contributed by atoms with Crippen LogP contribution in [0, 0.1) is 5.41 Å². The molecule has 0 spiro atoms. The molecule has 0 radical (unpaired) electrons. The van der Waals surface area contributed by atoms with Crippen molar-refractivity contribution in [3.8, 4) is 10.4 Å². The van der Waals surface area contributed by atoms with Crippen molar-refractivity contribution in [1.29, 1.82) is 5.41 Å². The fourth-order valence-electron chi connectivity index (χ4n) is 1.99. The third-order valence-corrected chi connectivity index (χ3v) is 3.99. The molecule has 19 heavy (non-hydrogen) atoms. The van der Waals surface area contributed by atoms with Crippen LogP contribution in [0.3, 0.4) is 0 Å². The molecular formula is C17H13NS. The van der Waals surface area contributed by atoms with Crippen LogP contribution in [-0.2, 0) is 0 Å². The number of hydrogen-bond acceptors (Lipinski definition) is 2. The van der Waals surface area contributed by atoms with Gasteiger partial charge < -0.3 is 0 Å². The van der Waals surface area contributed by atoms with E-state index < -0.39 is 0 Å². The molecular weight excluding hydrogens is 250 g/mol. The van der Waals surface area contributed by atoms with Gasteiger partial charge >= 0.3 is 0 Å². The minimum absolute atomic E-state index is 0.582. The standard InChI is InChI=1S/C17H13NS/c18-17(14-9-5-2-6-10-14)15-11-16(19-12-15)13-7-3-1-4-8-13/h1-12,18H. The molecule has 0 saturated heterocycles. The van der Waals surface area contributed by atoms with Crippen molar-refractivity contribution in [3.05, 3.63) is 83.2 Å². The second-order valence-electron chi connectivity index (χ2n) is 4.31. The molecule has 2 aromatic carbocycles. The van der Waals surface area contributed by atoms with Crippen molar-refractivity contribution in [3.63, 3.8) is 0 Å². The summed E-state index contributed by atoms with van der Waals surface area (Å²) in [5, 5.41) is 10.3. The van der Waals surface area contributed by atoms with Gasteiger partial charge in [-0.15, -0.1) is 11.3 Å². The second-order valence-corrected chi connectivity index (χ2v) is 5.22. The Bertz CT molecular complexity index is 684. The highest BCUT2D eigenvalue weighted by Crippen LogP contribution is 2.28. The number of rotatable bonds is 3. The highest BCUT2D eigenvalue weighted by atomic mass is 32.1. The molecule has 1 heterocycles. The lowest BCUT2D eigenvalue weighted by atomic mass is 10.0. The SMILES string of the molecule is N=C(c1ccccc1)c1csc(-c2ccccc2)c1.